The number of hydrogen-bond acceptors (Lipinski definition) is 2. The highest BCUT2D eigenvalue weighted by atomic mass is 16.2. The summed E-state index contributed by atoms with van der Waals surface area (Å²) in [5.74, 6) is 0.324. The highest BCUT2D eigenvalue weighted by Gasteiger charge is 2.28. The van der Waals surface area contributed by atoms with Gasteiger partial charge in [-0.05, 0) is 6.42 Å². The Balaban J connectivity index is 2.45. The van der Waals surface area contributed by atoms with Gasteiger partial charge in [0, 0.05) is 39.5 Å². The van der Waals surface area contributed by atoms with Crippen molar-refractivity contribution in [1.82, 2.24) is 9.80 Å². The molecule has 1 aliphatic rings. The Kier molecular flexibility index (Phi) is 3.49. The molecule has 80 valence electrons. The Labute approximate surface area is 84.9 Å². The van der Waals surface area contributed by atoms with Gasteiger partial charge < -0.3 is 9.80 Å². The van der Waals surface area contributed by atoms with Crippen LogP contribution < -0.4 is 0 Å². The molecule has 0 aliphatic carbocycles. The van der Waals surface area contributed by atoms with Gasteiger partial charge in [-0.25, -0.2) is 0 Å². The monoisotopic (exact) mass is 198 g/mol. The summed E-state index contributed by atoms with van der Waals surface area (Å²) in [5.41, 5.74) is 0. The molecule has 14 heavy (non-hydrogen) atoms. The molecule has 0 aromatic rings. The van der Waals surface area contributed by atoms with E-state index in [1.54, 1.807) is 16.8 Å². The lowest BCUT2D eigenvalue weighted by Crippen LogP contribution is -2.40. The van der Waals surface area contributed by atoms with Gasteiger partial charge in [0.15, 0.2) is 0 Å². The van der Waals surface area contributed by atoms with E-state index in [0.29, 0.717) is 19.4 Å². The van der Waals surface area contributed by atoms with Crippen molar-refractivity contribution in [2.24, 2.45) is 0 Å². The van der Waals surface area contributed by atoms with Gasteiger partial charge in [0.05, 0.1) is 0 Å². The molecule has 0 saturated carbocycles. The van der Waals surface area contributed by atoms with Crippen molar-refractivity contribution in [2.45, 2.75) is 32.2 Å². The number of likely N-dealkylation sites (N-methyl/N-ethyl adjacent to an activating group) is 2. The summed E-state index contributed by atoms with van der Waals surface area (Å²) in [6.07, 6.45) is 2.02. The first-order chi connectivity index (χ1) is 6.56. The average Bonchev–Trinajstić information content (AvgIpc) is 2.48. The Morgan fingerprint density at radius 1 is 1.64 bits per heavy atom. The van der Waals surface area contributed by atoms with E-state index in [9.17, 15) is 9.59 Å². The maximum atomic E-state index is 11.3. The average molecular weight is 198 g/mol. The van der Waals surface area contributed by atoms with Crippen LogP contribution in [0.2, 0.25) is 0 Å². The predicted octanol–water partition coefficient (Wildman–Crippen LogP) is 0.476. The maximum Gasteiger partial charge on any atom is 0.222 e. The third-order valence-corrected chi connectivity index (χ3v) is 2.85. The minimum Gasteiger partial charge on any atom is -0.344 e. The summed E-state index contributed by atoms with van der Waals surface area (Å²) in [5, 5.41) is 0. The van der Waals surface area contributed by atoms with E-state index in [-0.39, 0.29) is 17.9 Å². The topological polar surface area (TPSA) is 40.6 Å². The normalized spacial score (nSPS) is 21.5. The molecular formula is C10H18N2O2. The first-order valence-electron chi connectivity index (χ1n) is 5.06. The maximum absolute atomic E-state index is 11.3. The van der Waals surface area contributed by atoms with Crippen LogP contribution in [0.4, 0.5) is 0 Å². The molecule has 4 heteroatoms. The van der Waals surface area contributed by atoms with Gasteiger partial charge in [-0.2, -0.15) is 0 Å². The van der Waals surface area contributed by atoms with Crippen molar-refractivity contribution in [3.05, 3.63) is 0 Å². The molecule has 0 aromatic heterocycles. The van der Waals surface area contributed by atoms with Crippen LogP contribution in [0.5, 0.6) is 0 Å². The van der Waals surface area contributed by atoms with Crippen LogP contribution in [0.25, 0.3) is 0 Å². The Morgan fingerprint density at radius 3 is 2.71 bits per heavy atom. The number of likely N-dealkylation sites (tertiary alicyclic amines) is 1. The standard InChI is InChI=1S/C10H18N2O2/c1-4-9(13)11(2)7-8-5-6-10(14)12(8)3/h8H,4-7H2,1-3H3. The molecule has 0 radical (unpaired) electrons. The SMILES string of the molecule is CCC(=O)N(C)CC1CCC(=O)N1C. The number of nitrogens with zero attached hydrogens (tertiary/aromatic N) is 2. The Hall–Kier alpha value is -1.06. The zero-order valence-corrected chi connectivity index (χ0v) is 9.12. The summed E-state index contributed by atoms with van der Waals surface area (Å²) < 4.78 is 0. The van der Waals surface area contributed by atoms with Crippen LogP contribution in [0.15, 0.2) is 0 Å². The van der Waals surface area contributed by atoms with E-state index in [1.165, 1.54) is 0 Å². The summed E-state index contributed by atoms with van der Waals surface area (Å²) in [6.45, 7) is 2.51. The largest absolute Gasteiger partial charge is 0.344 e. The van der Waals surface area contributed by atoms with E-state index in [4.69, 9.17) is 0 Å². The predicted molar refractivity (Wildman–Crippen MR) is 53.7 cm³/mol. The van der Waals surface area contributed by atoms with E-state index in [2.05, 4.69) is 0 Å². The van der Waals surface area contributed by atoms with E-state index < -0.39 is 0 Å². The third kappa shape index (κ3) is 2.25. The fourth-order valence-electron chi connectivity index (χ4n) is 1.77. The molecule has 0 spiro atoms. The highest BCUT2D eigenvalue weighted by molar-refractivity contribution is 5.79. The quantitative estimate of drug-likeness (QED) is 0.661. The van der Waals surface area contributed by atoms with Crippen molar-refractivity contribution in [1.29, 1.82) is 0 Å². The van der Waals surface area contributed by atoms with Gasteiger partial charge in [-0.3, -0.25) is 9.59 Å². The summed E-state index contributed by atoms with van der Waals surface area (Å²) in [4.78, 5) is 26.0. The molecule has 1 saturated heterocycles. The first-order valence-corrected chi connectivity index (χ1v) is 5.06. The molecule has 1 atom stereocenters. The van der Waals surface area contributed by atoms with Gasteiger partial charge >= 0.3 is 0 Å². The lowest BCUT2D eigenvalue weighted by Gasteiger charge is -2.25. The number of amides is 2. The fourth-order valence-corrected chi connectivity index (χ4v) is 1.77. The van der Waals surface area contributed by atoms with Gasteiger partial charge in [0.1, 0.15) is 0 Å². The minimum absolute atomic E-state index is 0.137. The molecule has 0 aromatic carbocycles. The Morgan fingerprint density at radius 2 is 2.29 bits per heavy atom. The Bertz CT molecular complexity index is 240. The van der Waals surface area contributed by atoms with Gasteiger partial charge in [-0.1, -0.05) is 6.92 Å². The summed E-state index contributed by atoms with van der Waals surface area (Å²) in [6, 6.07) is 0.211. The lowest BCUT2D eigenvalue weighted by atomic mass is 10.2. The molecule has 4 nitrogen and oxygen atoms in total. The molecule has 1 aliphatic heterocycles. The van der Waals surface area contributed by atoms with E-state index in [0.717, 1.165) is 6.42 Å². The lowest BCUT2D eigenvalue weighted by molar-refractivity contribution is -0.132. The van der Waals surface area contributed by atoms with E-state index >= 15 is 0 Å². The van der Waals surface area contributed by atoms with Crippen LogP contribution in [0.3, 0.4) is 0 Å². The first kappa shape index (κ1) is 11.0. The number of carbonyl (C=O) groups excluding carboxylic acids is 2. The van der Waals surface area contributed by atoms with Crippen molar-refractivity contribution >= 4 is 11.8 Å². The molecule has 1 heterocycles. The van der Waals surface area contributed by atoms with Gasteiger partial charge in [0.25, 0.3) is 0 Å². The molecular weight excluding hydrogens is 180 g/mol. The van der Waals surface area contributed by atoms with Crippen molar-refractivity contribution in [2.75, 3.05) is 20.6 Å². The second kappa shape index (κ2) is 4.44. The zero-order valence-electron chi connectivity index (χ0n) is 9.12. The molecule has 2 amide bonds. The van der Waals surface area contributed by atoms with Crippen LogP contribution in [0, 0.1) is 0 Å². The fraction of sp³-hybridized carbons (Fsp3) is 0.800. The van der Waals surface area contributed by atoms with Crippen molar-refractivity contribution in [3.8, 4) is 0 Å². The molecule has 1 fully saturated rings. The van der Waals surface area contributed by atoms with Crippen LogP contribution in [-0.4, -0.2) is 48.3 Å². The smallest absolute Gasteiger partial charge is 0.222 e. The zero-order chi connectivity index (χ0) is 10.7. The van der Waals surface area contributed by atoms with Crippen molar-refractivity contribution in [3.63, 3.8) is 0 Å². The van der Waals surface area contributed by atoms with Crippen LogP contribution >= 0.6 is 0 Å². The molecule has 1 unspecified atom stereocenters. The number of rotatable bonds is 3. The molecule has 0 bridgehead atoms. The number of hydrogen-bond donors (Lipinski definition) is 0. The highest BCUT2D eigenvalue weighted by Crippen LogP contribution is 2.17. The summed E-state index contributed by atoms with van der Waals surface area (Å²) in [7, 11) is 3.60. The second-order valence-electron chi connectivity index (χ2n) is 3.82. The van der Waals surface area contributed by atoms with Gasteiger partial charge in [0.2, 0.25) is 11.8 Å². The molecule has 0 N–H and O–H groups in total. The van der Waals surface area contributed by atoms with Gasteiger partial charge in [-0.15, -0.1) is 0 Å². The minimum atomic E-state index is 0.137. The second-order valence-corrected chi connectivity index (χ2v) is 3.82. The molecule has 1 rings (SSSR count). The van der Waals surface area contributed by atoms with E-state index in [1.807, 2.05) is 14.0 Å². The summed E-state index contributed by atoms with van der Waals surface area (Å²) >= 11 is 0. The third-order valence-electron chi connectivity index (χ3n) is 2.85. The van der Waals surface area contributed by atoms with Crippen LogP contribution in [-0.2, 0) is 9.59 Å². The van der Waals surface area contributed by atoms with Crippen molar-refractivity contribution < 1.29 is 9.59 Å². The van der Waals surface area contributed by atoms with Crippen LogP contribution in [0.1, 0.15) is 26.2 Å². The number of carbonyl (C=O) groups is 2.